The average Bonchev–Trinajstić information content (AvgIpc) is 3.50. The Morgan fingerprint density at radius 1 is 0.872 bits per heavy atom. The van der Waals surface area contributed by atoms with Crippen LogP contribution in [0.25, 0.3) is 11.1 Å². The first-order valence-corrected chi connectivity index (χ1v) is 14.4. The molecule has 2 amide bonds. The first-order valence-electron chi connectivity index (χ1n) is 14.4. The van der Waals surface area contributed by atoms with Crippen LogP contribution in [0.5, 0.6) is 0 Å². The molecule has 0 bridgehead atoms. The third kappa shape index (κ3) is 4.92. The molecule has 200 valence electrons. The zero-order chi connectivity index (χ0) is 26.8. The minimum absolute atomic E-state index is 0.191. The van der Waals surface area contributed by atoms with E-state index in [0.29, 0.717) is 12.6 Å². The van der Waals surface area contributed by atoms with Crippen LogP contribution >= 0.6 is 0 Å². The number of hydrogen-bond donors (Lipinski definition) is 0. The van der Waals surface area contributed by atoms with Crippen molar-refractivity contribution >= 4 is 11.8 Å². The second kappa shape index (κ2) is 11.2. The van der Waals surface area contributed by atoms with Crippen LogP contribution in [0, 0.1) is 0 Å². The van der Waals surface area contributed by atoms with Gasteiger partial charge in [0, 0.05) is 50.9 Å². The number of amides is 2. The van der Waals surface area contributed by atoms with Crippen LogP contribution in [0.3, 0.4) is 0 Å². The fraction of sp³-hybridized carbons (Fsp3) is 0.353. The first kappa shape index (κ1) is 25.6. The summed E-state index contributed by atoms with van der Waals surface area (Å²) in [7, 11) is 0. The third-order valence-corrected chi connectivity index (χ3v) is 8.59. The van der Waals surface area contributed by atoms with Gasteiger partial charge in [0.1, 0.15) is 0 Å². The van der Waals surface area contributed by atoms with Gasteiger partial charge in [0.15, 0.2) is 0 Å². The molecule has 39 heavy (non-hydrogen) atoms. The second-order valence-electron chi connectivity index (χ2n) is 11.0. The van der Waals surface area contributed by atoms with E-state index in [-0.39, 0.29) is 17.7 Å². The van der Waals surface area contributed by atoms with Crippen LogP contribution in [0.1, 0.15) is 59.2 Å². The number of carbonyl (C=O) groups excluding carboxylic acids is 2. The molecule has 0 aromatic heterocycles. The smallest absolute Gasteiger partial charge is 0.254 e. The molecule has 1 aliphatic carbocycles. The highest BCUT2D eigenvalue weighted by atomic mass is 16.2. The van der Waals surface area contributed by atoms with Gasteiger partial charge in [-0.3, -0.25) is 14.5 Å². The van der Waals surface area contributed by atoms with Gasteiger partial charge in [-0.1, -0.05) is 85.8 Å². The summed E-state index contributed by atoms with van der Waals surface area (Å²) >= 11 is 0. The fourth-order valence-corrected chi connectivity index (χ4v) is 6.58. The number of rotatable bonds is 8. The molecule has 3 aromatic carbocycles. The summed E-state index contributed by atoms with van der Waals surface area (Å²) in [4.78, 5) is 33.3. The summed E-state index contributed by atoms with van der Waals surface area (Å²) in [6.45, 7) is 7.12. The number of piperidine rings is 1. The van der Waals surface area contributed by atoms with Gasteiger partial charge < -0.3 is 9.80 Å². The lowest BCUT2D eigenvalue weighted by atomic mass is 9.95. The van der Waals surface area contributed by atoms with Gasteiger partial charge in [0.25, 0.3) is 5.91 Å². The largest absolute Gasteiger partial charge is 0.338 e. The number of carbonyl (C=O) groups is 2. The Morgan fingerprint density at radius 3 is 2.13 bits per heavy atom. The van der Waals surface area contributed by atoms with Gasteiger partial charge >= 0.3 is 0 Å². The molecule has 0 atom stereocenters. The van der Waals surface area contributed by atoms with E-state index in [1.807, 2.05) is 35.2 Å². The highest BCUT2D eigenvalue weighted by molar-refractivity contribution is 5.98. The summed E-state index contributed by atoms with van der Waals surface area (Å²) in [6, 6.07) is 25.0. The molecule has 3 aliphatic rings. The van der Waals surface area contributed by atoms with E-state index in [2.05, 4.69) is 71.3 Å². The van der Waals surface area contributed by atoms with Crippen LogP contribution in [-0.4, -0.2) is 65.3 Å². The van der Waals surface area contributed by atoms with Crippen molar-refractivity contribution in [3.63, 3.8) is 0 Å². The Kier molecular flexibility index (Phi) is 7.34. The van der Waals surface area contributed by atoms with E-state index in [0.717, 1.165) is 74.2 Å². The molecule has 0 radical (unpaired) electrons. The minimum atomic E-state index is -0.226. The van der Waals surface area contributed by atoms with E-state index in [1.54, 1.807) is 0 Å². The molecule has 2 heterocycles. The van der Waals surface area contributed by atoms with Crippen molar-refractivity contribution in [3.05, 3.63) is 107 Å². The number of benzene rings is 3. The predicted octanol–water partition coefficient (Wildman–Crippen LogP) is 5.71. The molecule has 6 rings (SSSR count). The third-order valence-electron chi connectivity index (χ3n) is 8.59. The Morgan fingerprint density at radius 2 is 1.49 bits per heavy atom. The number of nitrogens with zero attached hydrogens (tertiary/aromatic N) is 3. The van der Waals surface area contributed by atoms with Gasteiger partial charge in [-0.2, -0.15) is 0 Å². The lowest BCUT2D eigenvalue weighted by Crippen LogP contribution is -2.45. The van der Waals surface area contributed by atoms with Crippen LogP contribution in [0.15, 0.2) is 84.9 Å². The van der Waals surface area contributed by atoms with Crippen molar-refractivity contribution in [1.82, 2.24) is 14.7 Å². The molecule has 0 saturated carbocycles. The number of likely N-dealkylation sites (tertiary alicyclic amines) is 1. The predicted molar refractivity (Wildman–Crippen MR) is 156 cm³/mol. The number of fused-ring (bicyclic) bond motifs is 4. The molecule has 5 nitrogen and oxygen atoms in total. The maximum Gasteiger partial charge on any atom is 0.254 e. The summed E-state index contributed by atoms with van der Waals surface area (Å²) in [5.74, 6) is 0.156. The zero-order valence-corrected chi connectivity index (χ0v) is 22.8. The van der Waals surface area contributed by atoms with E-state index in [1.165, 1.54) is 11.1 Å². The van der Waals surface area contributed by atoms with E-state index < -0.39 is 0 Å². The molecule has 0 spiro atoms. The van der Waals surface area contributed by atoms with Crippen LogP contribution in [0.2, 0.25) is 0 Å². The topological polar surface area (TPSA) is 43.9 Å². The minimum Gasteiger partial charge on any atom is -0.338 e. The van der Waals surface area contributed by atoms with Crippen molar-refractivity contribution < 1.29 is 9.59 Å². The second-order valence-corrected chi connectivity index (χ2v) is 11.0. The van der Waals surface area contributed by atoms with Gasteiger partial charge in [-0.25, -0.2) is 0 Å². The standard InChI is InChI=1S/C34H37N3O2/c1-2-19-36(34(39)32-30-15-7-5-13-28(30)29-14-6-8-16-31(29)32)21-10-9-20-35-22-17-26(18-23-35)37-24-25-11-3-4-12-27(25)33(37)38/h3-16,26,32H,2,17-24H2,1H3. The quantitative estimate of drug-likeness (QED) is 0.358. The van der Waals surface area contributed by atoms with E-state index in [4.69, 9.17) is 0 Å². The van der Waals surface area contributed by atoms with Gasteiger partial charge in [-0.05, 0) is 53.1 Å². The monoisotopic (exact) mass is 519 g/mol. The van der Waals surface area contributed by atoms with Crippen molar-refractivity contribution in [2.75, 3.05) is 32.7 Å². The van der Waals surface area contributed by atoms with Gasteiger partial charge in [0.2, 0.25) is 5.91 Å². The Balaban J connectivity index is 1.04. The van der Waals surface area contributed by atoms with E-state index in [9.17, 15) is 9.59 Å². The van der Waals surface area contributed by atoms with Gasteiger partial charge in [-0.15, -0.1) is 0 Å². The lowest BCUT2D eigenvalue weighted by Gasteiger charge is -2.36. The number of hydrogen-bond acceptors (Lipinski definition) is 3. The molecule has 2 aliphatic heterocycles. The SMILES string of the molecule is CCCN(CC=CCN1CCC(N2Cc3ccccc3C2=O)CC1)C(=O)C1c2ccccc2-c2ccccc21. The van der Waals surface area contributed by atoms with Crippen LogP contribution < -0.4 is 0 Å². The van der Waals surface area contributed by atoms with Crippen molar-refractivity contribution in [2.45, 2.75) is 44.7 Å². The fourth-order valence-electron chi connectivity index (χ4n) is 6.58. The highest BCUT2D eigenvalue weighted by Gasteiger charge is 2.36. The molecule has 5 heteroatoms. The molecule has 3 aromatic rings. The van der Waals surface area contributed by atoms with E-state index >= 15 is 0 Å². The summed E-state index contributed by atoms with van der Waals surface area (Å²) < 4.78 is 0. The molecular weight excluding hydrogens is 482 g/mol. The molecular formula is C34H37N3O2. The Labute approximate surface area is 231 Å². The Bertz CT molecular complexity index is 1340. The highest BCUT2D eigenvalue weighted by Crippen LogP contribution is 2.45. The Hall–Kier alpha value is -3.70. The summed E-state index contributed by atoms with van der Waals surface area (Å²) in [5.41, 5.74) is 6.64. The molecule has 0 N–H and O–H groups in total. The normalized spacial score (nSPS) is 17.5. The van der Waals surface area contributed by atoms with Crippen molar-refractivity contribution in [1.29, 1.82) is 0 Å². The molecule has 1 saturated heterocycles. The molecule has 0 unspecified atom stereocenters. The van der Waals surface area contributed by atoms with Crippen LogP contribution in [-0.2, 0) is 11.3 Å². The first-order chi connectivity index (χ1) is 19.2. The van der Waals surface area contributed by atoms with Crippen molar-refractivity contribution in [3.8, 4) is 11.1 Å². The summed E-state index contributed by atoms with van der Waals surface area (Å²) in [5, 5.41) is 0. The maximum absolute atomic E-state index is 13.9. The lowest BCUT2D eigenvalue weighted by molar-refractivity contribution is -0.131. The molecule has 1 fully saturated rings. The van der Waals surface area contributed by atoms with Crippen LogP contribution in [0.4, 0.5) is 0 Å². The average molecular weight is 520 g/mol. The summed E-state index contributed by atoms with van der Waals surface area (Å²) in [6.07, 6.45) is 7.32. The van der Waals surface area contributed by atoms with Crippen molar-refractivity contribution in [2.24, 2.45) is 0 Å². The maximum atomic E-state index is 13.9. The zero-order valence-electron chi connectivity index (χ0n) is 22.8. The van der Waals surface area contributed by atoms with Gasteiger partial charge in [0.05, 0.1) is 5.92 Å².